The zero-order chi connectivity index (χ0) is 23.2. The first-order valence-electron chi connectivity index (χ1n) is 10.5. The van der Waals surface area contributed by atoms with E-state index in [2.05, 4.69) is 20.8 Å². The maximum Gasteiger partial charge on any atom is 0.169 e. The molecule has 162 valence electrons. The number of hydrogen-bond acceptors (Lipinski definition) is 3. The highest BCUT2D eigenvalue weighted by Crippen LogP contribution is 2.35. The summed E-state index contributed by atoms with van der Waals surface area (Å²) in [7, 11) is 0. The van der Waals surface area contributed by atoms with Crippen molar-refractivity contribution < 1.29 is 14.4 Å². The summed E-state index contributed by atoms with van der Waals surface area (Å²) in [5.41, 5.74) is -0.0629. The smallest absolute Gasteiger partial charge is 0.169 e. The minimum Gasteiger partial charge on any atom is -0.294 e. The van der Waals surface area contributed by atoms with Gasteiger partial charge in [0, 0.05) is 32.9 Å². The molecule has 0 saturated heterocycles. The highest BCUT2D eigenvalue weighted by Gasteiger charge is 2.37. The van der Waals surface area contributed by atoms with Crippen LogP contribution in [-0.2, 0) is 6.42 Å². The lowest BCUT2D eigenvalue weighted by atomic mass is 9.73. The second-order valence-electron chi connectivity index (χ2n) is 12.5. The molecule has 0 aliphatic heterocycles. The molecule has 0 aliphatic rings. The fourth-order valence-electron chi connectivity index (χ4n) is 3.20. The van der Waals surface area contributed by atoms with Crippen molar-refractivity contribution in [1.82, 2.24) is 0 Å². The number of Topliss-reactive ketones (excluding diaryl/α,β-unsaturated/α-hetero) is 3. The first-order chi connectivity index (χ1) is 12.7. The SMILES string of the molecule is CC(C)(C)Cc1cc(C(=O)C(C)(C)C)c(C(=O)C(C)(C)C)c(C(=O)C(C)(C)C)c1. The van der Waals surface area contributed by atoms with Crippen LogP contribution in [0.5, 0.6) is 0 Å². The number of hydrogen-bond donors (Lipinski definition) is 0. The first kappa shape index (κ1) is 25.3. The van der Waals surface area contributed by atoms with E-state index in [0.717, 1.165) is 5.56 Å². The van der Waals surface area contributed by atoms with Crippen LogP contribution in [0.25, 0.3) is 0 Å². The molecule has 3 nitrogen and oxygen atoms in total. The summed E-state index contributed by atoms with van der Waals surface area (Å²) < 4.78 is 0. The fourth-order valence-corrected chi connectivity index (χ4v) is 3.20. The summed E-state index contributed by atoms with van der Waals surface area (Å²) in [4.78, 5) is 40.3. The third-order valence-electron chi connectivity index (χ3n) is 4.69. The molecule has 0 aromatic heterocycles. The lowest BCUT2D eigenvalue weighted by Gasteiger charge is -2.28. The second kappa shape index (κ2) is 7.81. The normalized spacial score (nSPS) is 13.4. The Labute approximate surface area is 177 Å². The van der Waals surface area contributed by atoms with E-state index in [0.29, 0.717) is 17.5 Å². The highest BCUT2D eigenvalue weighted by atomic mass is 16.1. The standard InChI is InChI=1S/C26H40O3/c1-23(2,3)15-16-13-17(20(27)24(4,5)6)19(22(29)26(10,11)12)18(14-16)21(28)25(7,8)9/h13-14H,15H2,1-12H3. The van der Waals surface area contributed by atoms with Crippen molar-refractivity contribution in [3.8, 4) is 0 Å². The minimum atomic E-state index is -0.703. The van der Waals surface area contributed by atoms with E-state index in [9.17, 15) is 14.4 Å². The Morgan fingerprint density at radius 3 is 1.14 bits per heavy atom. The van der Waals surface area contributed by atoms with Gasteiger partial charge in [-0.2, -0.15) is 0 Å². The third kappa shape index (κ3) is 6.35. The Kier molecular flexibility index (Phi) is 6.81. The van der Waals surface area contributed by atoms with Gasteiger partial charge in [-0.25, -0.2) is 0 Å². The molecule has 0 unspecified atom stereocenters. The molecule has 0 aliphatic carbocycles. The summed E-state index contributed by atoms with van der Waals surface area (Å²) in [6, 6.07) is 3.69. The largest absolute Gasteiger partial charge is 0.294 e. The van der Waals surface area contributed by atoms with Gasteiger partial charge in [-0.15, -0.1) is 0 Å². The molecule has 0 spiro atoms. The van der Waals surface area contributed by atoms with Gasteiger partial charge in [-0.3, -0.25) is 14.4 Å². The molecule has 0 amide bonds. The predicted molar refractivity (Wildman–Crippen MR) is 121 cm³/mol. The van der Waals surface area contributed by atoms with Gasteiger partial charge in [-0.1, -0.05) is 83.1 Å². The van der Waals surface area contributed by atoms with Crippen molar-refractivity contribution in [3.05, 3.63) is 34.4 Å². The van der Waals surface area contributed by atoms with E-state index in [1.807, 2.05) is 74.4 Å². The molecule has 29 heavy (non-hydrogen) atoms. The van der Waals surface area contributed by atoms with Crippen LogP contribution in [0.4, 0.5) is 0 Å². The van der Waals surface area contributed by atoms with E-state index in [1.165, 1.54) is 0 Å². The highest BCUT2D eigenvalue weighted by molar-refractivity contribution is 6.18. The van der Waals surface area contributed by atoms with E-state index in [4.69, 9.17) is 0 Å². The molecule has 1 aromatic carbocycles. The summed E-state index contributed by atoms with van der Waals surface area (Å²) in [6.07, 6.45) is 0.714. The van der Waals surface area contributed by atoms with Gasteiger partial charge >= 0.3 is 0 Å². The fraction of sp³-hybridized carbons (Fsp3) is 0.654. The molecular weight excluding hydrogens is 360 g/mol. The van der Waals surface area contributed by atoms with Crippen molar-refractivity contribution in [3.63, 3.8) is 0 Å². The van der Waals surface area contributed by atoms with Gasteiger partial charge in [0.2, 0.25) is 0 Å². The molecule has 0 bridgehead atoms. The molecular formula is C26H40O3. The van der Waals surface area contributed by atoms with Crippen molar-refractivity contribution >= 4 is 17.3 Å². The van der Waals surface area contributed by atoms with Gasteiger partial charge in [0.05, 0.1) is 0 Å². The second-order valence-corrected chi connectivity index (χ2v) is 12.5. The van der Waals surface area contributed by atoms with Crippen LogP contribution in [0.2, 0.25) is 0 Å². The molecule has 0 fully saturated rings. The van der Waals surface area contributed by atoms with Crippen molar-refractivity contribution in [2.75, 3.05) is 0 Å². The van der Waals surface area contributed by atoms with Gasteiger partial charge in [-0.05, 0) is 29.5 Å². The number of rotatable bonds is 4. The topological polar surface area (TPSA) is 51.2 Å². The minimum absolute atomic E-state index is 0.0142. The summed E-state index contributed by atoms with van der Waals surface area (Å²) >= 11 is 0. The number of ketones is 3. The van der Waals surface area contributed by atoms with E-state index in [1.54, 1.807) is 0 Å². The molecule has 1 rings (SSSR count). The van der Waals surface area contributed by atoms with Gasteiger partial charge in [0.25, 0.3) is 0 Å². The zero-order valence-corrected chi connectivity index (χ0v) is 20.6. The van der Waals surface area contributed by atoms with Gasteiger partial charge in [0.15, 0.2) is 17.3 Å². The van der Waals surface area contributed by atoms with Gasteiger partial charge < -0.3 is 0 Å². The summed E-state index contributed by atoms with van der Waals surface area (Å²) in [5.74, 6) is -0.382. The monoisotopic (exact) mass is 400 g/mol. The molecule has 3 heteroatoms. The quantitative estimate of drug-likeness (QED) is 0.513. The molecule has 0 saturated carbocycles. The number of benzene rings is 1. The maximum atomic E-state index is 13.5. The lowest BCUT2D eigenvalue weighted by molar-refractivity contribution is 0.0807. The van der Waals surface area contributed by atoms with Crippen LogP contribution in [0.15, 0.2) is 12.1 Å². The Morgan fingerprint density at radius 1 is 0.586 bits per heavy atom. The molecule has 0 heterocycles. The number of carbonyl (C=O) groups is 3. The van der Waals surface area contributed by atoms with Crippen molar-refractivity contribution in [2.45, 2.75) is 89.5 Å². The van der Waals surface area contributed by atoms with Crippen molar-refractivity contribution in [2.24, 2.45) is 21.7 Å². The zero-order valence-electron chi connectivity index (χ0n) is 20.6. The van der Waals surface area contributed by atoms with Crippen LogP contribution in [0.3, 0.4) is 0 Å². The number of carbonyl (C=O) groups excluding carboxylic acids is 3. The Hall–Kier alpha value is -1.77. The van der Waals surface area contributed by atoms with Crippen LogP contribution < -0.4 is 0 Å². The van der Waals surface area contributed by atoms with Crippen LogP contribution in [0.1, 0.15) is 120 Å². The molecule has 1 aromatic rings. The molecule has 0 N–H and O–H groups in total. The van der Waals surface area contributed by atoms with E-state index >= 15 is 0 Å². The average Bonchev–Trinajstić information content (AvgIpc) is 2.47. The lowest BCUT2D eigenvalue weighted by Crippen LogP contribution is -2.32. The average molecular weight is 401 g/mol. The first-order valence-corrected chi connectivity index (χ1v) is 10.5. The van der Waals surface area contributed by atoms with Crippen molar-refractivity contribution in [1.29, 1.82) is 0 Å². The Balaban J connectivity index is 4.04. The summed E-state index contributed by atoms with van der Waals surface area (Å²) in [5, 5.41) is 0. The van der Waals surface area contributed by atoms with E-state index in [-0.39, 0.29) is 28.3 Å². The van der Waals surface area contributed by atoms with Crippen LogP contribution in [-0.4, -0.2) is 17.3 Å². The third-order valence-corrected chi connectivity index (χ3v) is 4.69. The Morgan fingerprint density at radius 2 is 0.897 bits per heavy atom. The van der Waals surface area contributed by atoms with Gasteiger partial charge in [0.1, 0.15) is 0 Å². The predicted octanol–water partition coefficient (Wildman–Crippen LogP) is 6.96. The molecule has 0 radical (unpaired) electrons. The molecule has 0 atom stereocenters. The van der Waals surface area contributed by atoms with E-state index < -0.39 is 16.2 Å². The Bertz CT molecular complexity index is 766. The van der Waals surface area contributed by atoms with Crippen LogP contribution >= 0.6 is 0 Å². The van der Waals surface area contributed by atoms with Crippen LogP contribution in [0, 0.1) is 21.7 Å². The summed E-state index contributed by atoms with van der Waals surface area (Å²) in [6.45, 7) is 23.0. The maximum absolute atomic E-state index is 13.5.